The van der Waals surface area contributed by atoms with E-state index in [0.29, 0.717) is 16.5 Å². The molecule has 0 saturated heterocycles. The maximum Gasteiger partial charge on any atom is 0.259 e. The highest BCUT2D eigenvalue weighted by Gasteiger charge is 2.18. The third-order valence-corrected chi connectivity index (χ3v) is 6.47. The van der Waals surface area contributed by atoms with Crippen molar-refractivity contribution in [1.82, 2.24) is 20.4 Å². The van der Waals surface area contributed by atoms with Gasteiger partial charge in [0.2, 0.25) is 11.0 Å². The number of nitrogens with zero attached hydrogens (tertiary/aromatic N) is 4. The summed E-state index contributed by atoms with van der Waals surface area (Å²) in [5.41, 5.74) is 3.44. The standard InChI is InChI=1S/C27H28N6O3S/c1-18-8-7-9-19(16-18)17-23(34)28-22-15-14-21(30-31-22)12-5-6-13-24-32-33-27(37-24)29-26(36)25(35)20-10-3-2-4-11-20/h2-4,7-11,14-16,25,35H,5-6,12-13,17H2,1H3,(H,28,31,34)(H,29,33,36)/t25-/m1/s1. The molecule has 1 atom stereocenters. The molecular weight excluding hydrogens is 488 g/mol. The van der Waals surface area contributed by atoms with E-state index in [2.05, 4.69) is 31.0 Å². The molecule has 0 unspecified atom stereocenters. The van der Waals surface area contributed by atoms with Crippen LogP contribution in [0.15, 0.2) is 66.7 Å². The summed E-state index contributed by atoms with van der Waals surface area (Å²) in [6.45, 7) is 2.00. The van der Waals surface area contributed by atoms with Gasteiger partial charge in [0.25, 0.3) is 5.91 Å². The Bertz CT molecular complexity index is 1330. The van der Waals surface area contributed by atoms with Gasteiger partial charge >= 0.3 is 0 Å². The lowest BCUT2D eigenvalue weighted by Gasteiger charge is -2.09. The third-order valence-electron chi connectivity index (χ3n) is 5.57. The topological polar surface area (TPSA) is 130 Å². The molecule has 3 N–H and O–H groups in total. The van der Waals surface area contributed by atoms with Gasteiger partial charge in [-0.1, -0.05) is 71.5 Å². The zero-order valence-corrected chi connectivity index (χ0v) is 21.2. The van der Waals surface area contributed by atoms with Crippen LogP contribution in [0.25, 0.3) is 0 Å². The molecule has 4 aromatic rings. The first kappa shape index (κ1) is 26.1. The normalized spacial score (nSPS) is 11.6. The highest BCUT2D eigenvalue weighted by Crippen LogP contribution is 2.20. The van der Waals surface area contributed by atoms with Crippen LogP contribution in [0.1, 0.15) is 46.3 Å². The van der Waals surface area contributed by atoms with Crippen molar-refractivity contribution in [3.8, 4) is 0 Å². The van der Waals surface area contributed by atoms with Gasteiger partial charge in [0, 0.05) is 6.42 Å². The molecule has 2 heterocycles. The second-order valence-corrected chi connectivity index (χ2v) is 9.70. The molecule has 9 nitrogen and oxygen atoms in total. The second-order valence-electron chi connectivity index (χ2n) is 8.63. The molecule has 0 aliphatic rings. The number of amides is 2. The molecule has 10 heteroatoms. The molecule has 190 valence electrons. The minimum Gasteiger partial charge on any atom is -0.378 e. The summed E-state index contributed by atoms with van der Waals surface area (Å²) in [4.78, 5) is 24.5. The number of anilines is 2. The van der Waals surface area contributed by atoms with Crippen LogP contribution in [0.5, 0.6) is 0 Å². The highest BCUT2D eigenvalue weighted by atomic mass is 32.1. The van der Waals surface area contributed by atoms with E-state index in [1.165, 1.54) is 11.3 Å². The smallest absolute Gasteiger partial charge is 0.259 e. The van der Waals surface area contributed by atoms with E-state index >= 15 is 0 Å². The Labute approximate surface area is 219 Å². The van der Waals surface area contributed by atoms with Gasteiger partial charge < -0.3 is 10.4 Å². The van der Waals surface area contributed by atoms with Crippen molar-refractivity contribution >= 4 is 34.1 Å². The average molecular weight is 517 g/mol. The number of carbonyl (C=O) groups excluding carboxylic acids is 2. The Morgan fingerprint density at radius 3 is 2.46 bits per heavy atom. The van der Waals surface area contributed by atoms with Crippen molar-refractivity contribution in [2.75, 3.05) is 10.6 Å². The fourth-order valence-electron chi connectivity index (χ4n) is 3.70. The van der Waals surface area contributed by atoms with Gasteiger partial charge in [-0.3, -0.25) is 14.9 Å². The summed E-state index contributed by atoms with van der Waals surface area (Å²) >= 11 is 1.30. The number of unbranched alkanes of at least 4 members (excludes halogenated alkanes) is 1. The van der Waals surface area contributed by atoms with Gasteiger partial charge in [-0.25, -0.2) is 0 Å². The molecule has 0 aliphatic carbocycles. The predicted molar refractivity (Wildman–Crippen MR) is 142 cm³/mol. The highest BCUT2D eigenvalue weighted by molar-refractivity contribution is 7.15. The maximum absolute atomic E-state index is 12.3. The van der Waals surface area contributed by atoms with Crippen LogP contribution in [0.4, 0.5) is 10.9 Å². The molecular formula is C27H28N6O3S. The number of benzene rings is 2. The van der Waals surface area contributed by atoms with Crippen LogP contribution in [0.2, 0.25) is 0 Å². The molecule has 0 radical (unpaired) electrons. The van der Waals surface area contributed by atoms with Crippen LogP contribution in [0, 0.1) is 6.92 Å². The van der Waals surface area contributed by atoms with Crippen molar-refractivity contribution in [2.24, 2.45) is 0 Å². The predicted octanol–water partition coefficient (Wildman–Crippen LogP) is 4.06. The summed E-state index contributed by atoms with van der Waals surface area (Å²) in [7, 11) is 0. The lowest BCUT2D eigenvalue weighted by atomic mass is 10.1. The Hall–Kier alpha value is -4.02. The maximum atomic E-state index is 12.3. The van der Waals surface area contributed by atoms with E-state index in [1.54, 1.807) is 30.3 Å². The minimum atomic E-state index is -1.26. The van der Waals surface area contributed by atoms with E-state index in [9.17, 15) is 14.7 Å². The van der Waals surface area contributed by atoms with Crippen molar-refractivity contribution in [3.63, 3.8) is 0 Å². The summed E-state index contributed by atoms with van der Waals surface area (Å²) < 4.78 is 0. The summed E-state index contributed by atoms with van der Waals surface area (Å²) in [6, 6.07) is 20.2. The molecule has 2 aromatic carbocycles. The van der Waals surface area contributed by atoms with Crippen LogP contribution in [0.3, 0.4) is 0 Å². The number of hydrogen-bond acceptors (Lipinski definition) is 8. The van der Waals surface area contributed by atoms with Crippen molar-refractivity contribution < 1.29 is 14.7 Å². The van der Waals surface area contributed by atoms with E-state index < -0.39 is 12.0 Å². The van der Waals surface area contributed by atoms with Crippen LogP contribution in [-0.4, -0.2) is 37.3 Å². The van der Waals surface area contributed by atoms with Gasteiger partial charge in [-0.15, -0.1) is 15.3 Å². The van der Waals surface area contributed by atoms with Crippen LogP contribution >= 0.6 is 11.3 Å². The van der Waals surface area contributed by atoms with E-state index in [1.807, 2.05) is 43.3 Å². The Morgan fingerprint density at radius 2 is 1.70 bits per heavy atom. The number of nitrogens with one attached hydrogen (secondary N) is 2. The zero-order valence-electron chi connectivity index (χ0n) is 20.4. The molecule has 0 spiro atoms. The Morgan fingerprint density at radius 1 is 0.892 bits per heavy atom. The molecule has 37 heavy (non-hydrogen) atoms. The fourth-order valence-corrected chi connectivity index (χ4v) is 4.49. The lowest BCUT2D eigenvalue weighted by molar-refractivity contribution is -0.124. The molecule has 0 fully saturated rings. The zero-order chi connectivity index (χ0) is 26.0. The summed E-state index contributed by atoms with van der Waals surface area (Å²) in [5, 5.41) is 33.2. The molecule has 2 aromatic heterocycles. The molecule has 0 aliphatic heterocycles. The number of aliphatic hydroxyl groups is 1. The average Bonchev–Trinajstić information content (AvgIpc) is 3.34. The first-order valence-electron chi connectivity index (χ1n) is 12.0. The SMILES string of the molecule is Cc1cccc(CC(=O)Nc2ccc(CCCCc3nnc(NC(=O)[C@H](O)c4ccccc4)s3)nn2)c1. The number of aryl methyl sites for hydroxylation is 3. The van der Waals surface area contributed by atoms with Crippen LogP contribution in [-0.2, 0) is 28.9 Å². The van der Waals surface area contributed by atoms with Gasteiger partial charge in [0.1, 0.15) is 5.01 Å². The first-order chi connectivity index (χ1) is 18.0. The van der Waals surface area contributed by atoms with Gasteiger partial charge in [0.15, 0.2) is 11.9 Å². The minimum absolute atomic E-state index is 0.130. The van der Waals surface area contributed by atoms with E-state index in [0.717, 1.165) is 47.5 Å². The molecule has 0 bridgehead atoms. The van der Waals surface area contributed by atoms with Gasteiger partial charge in [-0.05, 0) is 49.4 Å². The number of aromatic nitrogens is 4. The third kappa shape index (κ3) is 7.99. The van der Waals surface area contributed by atoms with E-state index in [4.69, 9.17) is 0 Å². The fraction of sp³-hybridized carbons (Fsp3) is 0.259. The van der Waals surface area contributed by atoms with Gasteiger partial charge in [-0.2, -0.15) is 5.10 Å². The van der Waals surface area contributed by atoms with Crippen molar-refractivity contribution in [3.05, 3.63) is 94.1 Å². The summed E-state index contributed by atoms with van der Waals surface area (Å²) in [5.74, 6) is -0.237. The number of carbonyl (C=O) groups is 2. The van der Waals surface area contributed by atoms with Crippen molar-refractivity contribution in [1.29, 1.82) is 0 Å². The van der Waals surface area contributed by atoms with Crippen molar-refractivity contribution in [2.45, 2.75) is 45.1 Å². The monoisotopic (exact) mass is 516 g/mol. The van der Waals surface area contributed by atoms with Gasteiger partial charge in [0.05, 0.1) is 12.1 Å². The molecule has 4 rings (SSSR count). The van der Waals surface area contributed by atoms with Crippen LogP contribution < -0.4 is 10.6 Å². The first-order valence-corrected chi connectivity index (χ1v) is 12.8. The molecule has 0 saturated carbocycles. The number of rotatable bonds is 11. The van der Waals surface area contributed by atoms with E-state index in [-0.39, 0.29) is 12.3 Å². The quantitative estimate of drug-likeness (QED) is 0.256. The second kappa shape index (κ2) is 12.8. The Balaban J connectivity index is 1.16. The number of hydrogen-bond donors (Lipinski definition) is 3. The Kier molecular flexibility index (Phi) is 9.01. The molecule has 2 amide bonds. The largest absolute Gasteiger partial charge is 0.378 e. The summed E-state index contributed by atoms with van der Waals surface area (Å²) in [6.07, 6.45) is 2.23. The number of aliphatic hydroxyl groups excluding tert-OH is 1. The lowest BCUT2D eigenvalue weighted by Crippen LogP contribution is -2.20.